The Morgan fingerprint density at radius 2 is 2.13 bits per heavy atom. The summed E-state index contributed by atoms with van der Waals surface area (Å²) < 4.78 is 0. The second kappa shape index (κ2) is 5.21. The first-order valence-electron chi connectivity index (χ1n) is 5.56. The lowest BCUT2D eigenvalue weighted by Crippen LogP contribution is -2.53. The molecule has 1 rings (SSSR count). The molecule has 1 saturated carbocycles. The van der Waals surface area contributed by atoms with Crippen molar-refractivity contribution in [3.63, 3.8) is 0 Å². The van der Waals surface area contributed by atoms with Crippen molar-refractivity contribution in [2.24, 2.45) is 5.73 Å². The molecule has 2 unspecified atom stereocenters. The number of hydrogen-bond acceptors (Lipinski definition) is 3. The van der Waals surface area contributed by atoms with E-state index in [0.717, 1.165) is 12.8 Å². The standard InChI is InChI=1S/C11H22N2OS/c1-11(2,12)10(14)13-8-5-4-6-9(7-8)15-3/h8-9H,4-7,12H2,1-3H3,(H,13,14). The largest absolute Gasteiger partial charge is 0.352 e. The normalized spacial score (nSPS) is 27.5. The number of nitrogens with two attached hydrogens (primary N) is 1. The molecule has 0 bridgehead atoms. The molecule has 0 aromatic heterocycles. The van der Waals surface area contributed by atoms with Crippen molar-refractivity contribution < 1.29 is 4.79 Å². The molecule has 0 spiro atoms. The van der Waals surface area contributed by atoms with Crippen molar-refractivity contribution in [2.45, 2.75) is 56.4 Å². The first kappa shape index (κ1) is 12.8. The molecule has 15 heavy (non-hydrogen) atoms. The number of amides is 1. The second-order valence-electron chi connectivity index (χ2n) is 4.92. The quantitative estimate of drug-likeness (QED) is 0.773. The van der Waals surface area contributed by atoms with Crippen molar-refractivity contribution >= 4 is 17.7 Å². The highest BCUT2D eigenvalue weighted by molar-refractivity contribution is 7.99. The Labute approximate surface area is 96.6 Å². The van der Waals surface area contributed by atoms with Crippen LogP contribution in [0.4, 0.5) is 0 Å². The Kier molecular flexibility index (Phi) is 4.46. The van der Waals surface area contributed by atoms with Crippen LogP contribution < -0.4 is 11.1 Å². The van der Waals surface area contributed by atoms with E-state index in [2.05, 4.69) is 11.6 Å². The molecular formula is C11H22N2OS. The molecule has 2 atom stereocenters. The van der Waals surface area contributed by atoms with E-state index in [-0.39, 0.29) is 5.91 Å². The lowest BCUT2D eigenvalue weighted by molar-refractivity contribution is -0.126. The number of thioether (sulfide) groups is 1. The fraction of sp³-hybridized carbons (Fsp3) is 0.909. The summed E-state index contributed by atoms with van der Waals surface area (Å²) in [5.74, 6) is -0.0331. The Hall–Kier alpha value is -0.220. The van der Waals surface area contributed by atoms with E-state index < -0.39 is 5.54 Å². The van der Waals surface area contributed by atoms with Crippen molar-refractivity contribution in [2.75, 3.05) is 6.26 Å². The van der Waals surface area contributed by atoms with Gasteiger partial charge in [0, 0.05) is 11.3 Å². The third kappa shape index (κ3) is 4.03. The Bertz CT molecular complexity index is 225. The molecule has 0 saturated heterocycles. The predicted octanol–water partition coefficient (Wildman–Crippen LogP) is 1.51. The third-order valence-electron chi connectivity index (χ3n) is 2.88. The summed E-state index contributed by atoms with van der Waals surface area (Å²) in [6, 6.07) is 0.325. The molecule has 0 radical (unpaired) electrons. The molecule has 0 aromatic rings. The predicted molar refractivity (Wildman–Crippen MR) is 66.0 cm³/mol. The molecule has 3 nitrogen and oxygen atoms in total. The van der Waals surface area contributed by atoms with Gasteiger partial charge in [0.2, 0.25) is 5.91 Å². The molecule has 1 fully saturated rings. The van der Waals surface area contributed by atoms with Crippen molar-refractivity contribution in [1.82, 2.24) is 5.32 Å². The van der Waals surface area contributed by atoms with Gasteiger partial charge in [-0.15, -0.1) is 0 Å². The van der Waals surface area contributed by atoms with Gasteiger partial charge in [-0.2, -0.15) is 11.8 Å². The summed E-state index contributed by atoms with van der Waals surface area (Å²) in [7, 11) is 0. The van der Waals surface area contributed by atoms with E-state index in [1.807, 2.05) is 11.8 Å². The average Bonchev–Trinajstić information content (AvgIpc) is 2.16. The van der Waals surface area contributed by atoms with E-state index in [4.69, 9.17) is 5.73 Å². The fourth-order valence-corrected chi connectivity index (χ4v) is 2.69. The maximum absolute atomic E-state index is 11.7. The number of nitrogens with one attached hydrogen (secondary N) is 1. The smallest absolute Gasteiger partial charge is 0.239 e. The van der Waals surface area contributed by atoms with Crippen molar-refractivity contribution in [3.8, 4) is 0 Å². The molecule has 0 aliphatic heterocycles. The van der Waals surface area contributed by atoms with Crippen LogP contribution in [0.15, 0.2) is 0 Å². The minimum absolute atomic E-state index is 0.0331. The van der Waals surface area contributed by atoms with E-state index >= 15 is 0 Å². The van der Waals surface area contributed by atoms with E-state index in [1.54, 1.807) is 13.8 Å². The van der Waals surface area contributed by atoms with Gasteiger partial charge < -0.3 is 11.1 Å². The first-order chi connectivity index (χ1) is 6.93. The van der Waals surface area contributed by atoms with Gasteiger partial charge in [-0.3, -0.25) is 4.79 Å². The molecule has 1 aliphatic carbocycles. The molecule has 0 aromatic carbocycles. The van der Waals surface area contributed by atoms with Crippen LogP contribution in [0.2, 0.25) is 0 Å². The summed E-state index contributed by atoms with van der Waals surface area (Å²) in [4.78, 5) is 11.7. The van der Waals surface area contributed by atoms with Crippen LogP contribution in [-0.2, 0) is 4.79 Å². The summed E-state index contributed by atoms with van der Waals surface area (Å²) in [6.45, 7) is 3.49. The van der Waals surface area contributed by atoms with Gasteiger partial charge in [-0.1, -0.05) is 6.42 Å². The van der Waals surface area contributed by atoms with Crippen LogP contribution in [-0.4, -0.2) is 29.0 Å². The Morgan fingerprint density at radius 1 is 1.47 bits per heavy atom. The van der Waals surface area contributed by atoms with Gasteiger partial charge in [0.15, 0.2) is 0 Å². The van der Waals surface area contributed by atoms with Gasteiger partial charge in [-0.05, 0) is 39.4 Å². The minimum atomic E-state index is -0.758. The lowest BCUT2D eigenvalue weighted by Gasteiger charge is -2.30. The number of carbonyl (C=O) groups is 1. The van der Waals surface area contributed by atoms with Crippen LogP contribution in [0, 0.1) is 0 Å². The Balaban J connectivity index is 2.41. The maximum Gasteiger partial charge on any atom is 0.239 e. The van der Waals surface area contributed by atoms with Crippen molar-refractivity contribution in [3.05, 3.63) is 0 Å². The number of hydrogen-bond donors (Lipinski definition) is 2. The van der Waals surface area contributed by atoms with E-state index in [9.17, 15) is 4.79 Å². The molecule has 4 heteroatoms. The average molecular weight is 230 g/mol. The molecule has 1 aliphatic rings. The molecule has 0 heterocycles. The zero-order valence-corrected chi connectivity index (χ0v) is 10.7. The molecule has 3 N–H and O–H groups in total. The monoisotopic (exact) mass is 230 g/mol. The van der Waals surface area contributed by atoms with Gasteiger partial charge in [0.1, 0.15) is 0 Å². The number of rotatable bonds is 3. The minimum Gasteiger partial charge on any atom is -0.352 e. The SMILES string of the molecule is CSC1CCCC(NC(=O)C(C)(C)N)C1. The van der Waals surface area contributed by atoms with Gasteiger partial charge in [0.25, 0.3) is 0 Å². The highest BCUT2D eigenvalue weighted by atomic mass is 32.2. The Morgan fingerprint density at radius 3 is 2.67 bits per heavy atom. The van der Waals surface area contributed by atoms with Crippen LogP contribution in [0.25, 0.3) is 0 Å². The van der Waals surface area contributed by atoms with Gasteiger partial charge in [0.05, 0.1) is 5.54 Å². The second-order valence-corrected chi connectivity index (χ2v) is 6.05. The fourth-order valence-electron chi connectivity index (χ4n) is 1.86. The summed E-state index contributed by atoms with van der Waals surface area (Å²) in [5, 5.41) is 3.74. The topological polar surface area (TPSA) is 55.1 Å². The van der Waals surface area contributed by atoms with Crippen LogP contribution in [0.1, 0.15) is 39.5 Å². The van der Waals surface area contributed by atoms with Crippen LogP contribution >= 0.6 is 11.8 Å². The highest BCUT2D eigenvalue weighted by Gasteiger charge is 2.27. The first-order valence-corrected chi connectivity index (χ1v) is 6.85. The van der Waals surface area contributed by atoms with Crippen LogP contribution in [0.5, 0.6) is 0 Å². The maximum atomic E-state index is 11.7. The molecule has 88 valence electrons. The zero-order chi connectivity index (χ0) is 11.5. The molecular weight excluding hydrogens is 208 g/mol. The van der Waals surface area contributed by atoms with Crippen LogP contribution in [0.3, 0.4) is 0 Å². The van der Waals surface area contributed by atoms with E-state index in [0.29, 0.717) is 11.3 Å². The van der Waals surface area contributed by atoms with Gasteiger partial charge in [-0.25, -0.2) is 0 Å². The molecule has 1 amide bonds. The highest BCUT2D eigenvalue weighted by Crippen LogP contribution is 2.27. The number of carbonyl (C=O) groups excluding carboxylic acids is 1. The summed E-state index contributed by atoms with van der Waals surface area (Å²) >= 11 is 1.90. The van der Waals surface area contributed by atoms with Gasteiger partial charge >= 0.3 is 0 Å². The van der Waals surface area contributed by atoms with E-state index in [1.165, 1.54) is 12.8 Å². The zero-order valence-electron chi connectivity index (χ0n) is 9.88. The lowest BCUT2D eigenvalue weighted by atomic mass is 9.94. The summed E-state index contributed by atoms with van der Waals surface area (Å²) in [6.07, 6.45) is 6.81. The third-order valence-corrected chi connectivity index (χ3v) is 3.97. The summed E-state index contributed by atoms with van der Waals surface area (Å²) in [5.41, 5.74) is 4.99. The van der Waals surface area contributed by atoms with Crippen molar-refractivity contribution in [1.29, 1.82) is 0 Å².